The number of allylic oxidation sites excluding steroid dienone is 25. The number of likely N-dealkylation sites (N-methyl/N-ethyl adjacent to an activating group) is 1. The molecule has 0 heterocycles. The molecular formula is C69H114N2O7P+. The van der Waals surface area contributed by atoms with Crippen molar-refractivity contribution in [2.45, 2.75) is 226 Å². The lowest BCUT2D eigenvalue weighted by Crippen LogP contribution is -2.47. The van der Waals surface area contributed by atoms with Gasteiger partial charge in [-0.2, -0.15) is 0 Å². The van der Waals surface area contributed by atoms with Crippen molar-refractivity contribution in [2.75, 3.05) is 40.9 Å². The number of hydrogen-bond donors (Lipinski definition) is 2. The zero-order valence-electron chi connectivity index (χ0n) is 50.8. The topological polar surface area (TPSA) is 111 Å². The van der Waals surface area contributed by atoms with Crippen LogP contribution in [0.2, 0.25) is 0 Å². The molecule has 9 nitrogen and oxygen atoms in total. The van der Waals surface area contributed by atoms with Gasteiger partial charge in [0.25, 0.3) is 0 Å². The van der Waals surface area contributed by atoms with E-state index >= 15 is 0 Å². The molecule has 1 amide bonds. The third kappa shape index (κ3) is 58.1. The highest BCUT2D eigenvalue weighted by Gasteiger charge is 2.30. The predicted octanol–water partition coefficient (Wildman–Crippen LogP) is 19.2. The number of hydrogen-bond acceptors (Lipinski definition) is 6. The molecule has 0 aliphatic heterocycles. The second-order valence-corrected chi connectivity index (χ2v) is 22.6. The molecule has 0 radical (unpaired) electrons. The molecule has 0 saturated heterocycles. The Morgan fingerprint density at radius 1 is 0.456 bits per heavy atom. The minimum atomic E-state index is -4.49. The van der Waals surface area contributed by atoms with Crippen molar-refractivity contribution in [1.82, 2.24) is 5.32 Å². The fourth-order valence-corrected chi connectivity index (χ4v) is 8.52. The van der Waals surface area contributed by atoms with Crippen molar-refractivity contribution in [3.8, 4) is 0 Å². The molecule has 3 atom stereocenters. The minimum absolute atomic E-state index is 0.0100. The van der Waals surface area contributed by atoms with Crippen molar-refractivity contribution in [1.29, 1.82) is 0 Å². The van der Waals surface area contributed by atoms with Crippen LogP contribution in [-0.2, 0) is 27.9 Å². The van der Waals surface area contributed by atoms with Gasteiger partial charge in [-0.15, -0.1) is 0 Å². The third-order valence-corrected chi connectivity index (χ3v) is 13.5. The Bertz CT molecular complexity index is 1910. The Balaban J connectivity index is 5.52. The molecule has 0 aromatic carbocycles. The van der Waals surface area contributed by atoms with Crippen LogP contribution in [0.15, 0.2) is 158 Å². The van der Waals surface area contributed by atoms with E-state index in [1.54, 1.807) is 0 Å². The normalized spacial score (nSPS) is 14.8. The summed E-state index contributed by atoms with van der Waals surface area (Å²) in [6.07, 6.45) is 84.1. The van der Waals surface area contributed by atoms with Crippen molar-refractivity contribution in [3.05, 3.63) is 158 Å². The molecule has 0 aliphatic carbocycles. The predicted molar refractivity (Wildman–Crippen MR) is 341 cm³/mol. The SMILES string of the molecule is CC/C=C\C/C=C\C/C=C\C/C=C\C/C=C\C/C=C\CCCCC(=O)OC(/C=C/CCCCCCCCCCCCC)C(COP(=O)(O)OCC[N+](C)(C)C)NC(=O)CC/C=C\C/C=C\C/C=C\C/C=C\C/C=C\C/C=C\CC. The van der Waals surface area contributed by atoms with Gasteiger partial charge in [0, 0.05) is 12.8 Å². The molecule has 446 valence electrons. The molecule has 79 heavy (non-hydrogen) atoms. The molecule has 0 rings (SSSR count). The number of carbonyl (C=O) groups is 2. The van der Waals surface area contributed by atoms with E-state index < -0.39 is 25.9 Å². The number of quaternary nitrogens is 1. The zero-order chi connectivity index (χ0) is 57.9. The van der Waals surface area contributed by atoms with Gasteiger partial charge in [0.1, 0.15) is 19.3 Å². The highest BCUT2D eigenvalue weighted by Crippen LogP contribution is 2.43. The average molecular weight is 1110 g/mol. The first-order valence-electron chi connectivity index (χ1n) is 30.8. The van der Waals surface area contributed by atoms with E-state index in [0.29, 0.717) is 23.9 Å². The zero-order valence-corrected chi connectivity index (χ0v) is 51.7. The number of phosphoric acid groups is 1. The van der Waals surface area contributed by atoms with E-state index in [-0.39, 0.29) is 32.0 Å². The van der Waals surface area contributed by atoms with Crippen LogP contribution in [-0.4, -0.2) is 74.3 Å². The molecule has 0 fully saturated rings. The van der Waals surface area contributed by atoms with E-state index in [2.05, 4.69) is 160 Å². The van der Waals surface area contributed by atoms with E-state index in [4.69, 9.17) is 13.8 Å². The van der Waals surface area contributed by atoms with E-state index in [1.807, 2.05) is 45.4 Å². The molecule has 0 aromatic rings. The Morgan fingerprint density at radius 3 is 1.24 bits per heavy atom. The highest BCUT2D eigenvalue weighted by molar-refractivity contribution is 7.47. The smallest absolute Gasteiger partial charge is 0.456 e. The maximum Gasteiger partial charge on any atom is 0.472 e. The largest absolute Gasteiger partial charge is 0.472 e. The van der Waals surface area contributed by atoms with Gasteiger partial charge in [-0.05, 0) is 122 Å². The quantitative estimate of drug-likeness (QED) is 0.0205. The summed E-state index contributed by atoms with van der Waals surface area (Å²) in [6.45, 7) is 6.67. The number of nitrogens with one attached hydrogen (secondary N) is 1. The summed E-state index contributed by atoms with van der Waals surface area (Å²) in [7, 11) is 1.40. The number of rotatable bonds is 53. The second-order valence-electron chi connectivity index (χ2n) is 21.1. The van der Waals surface area contributed by atoms with Crippen LogP contribution in [0.4, 0.5) is 0 Å². The van der Waals surface area contributed by atoms with Crippen molar-refractivity contribution in [3.63, 3.8) is 0 Å². The molecule has 0 spiro atoms. The summed E-state index contributed by atoms with van der Waals surface area (Å²) in [5, 5.41) is 2.99. The number of amides is 1. The first-order chi connectivity index (χ1) is 38.4. The van der Waals surface area contributed by atoms with Crippen LogP contribution in [0.5, 0.6) is 0 Å². The fourth-order valence-electron chi connectivity index (χ4n) is 7.79. The summed E-state index contributed by atoms with van der Waals surface area (Å²) in [6, 6.07) is -0.920. The van der Waals surface area contributed by atoms with Crippen molar-refractivity contribution >= 4 is 19.7 Å². The monoisotopic (exact) mass is 1110 g/mol. The summed E-state index contributed by atoms with van der Waals surface area (Å²) >= 11 is 0. The molecule has 0 aliphatic rings. The number of phosphoric ester groups is 1. The minimum Gasteiger partial charge on any atom is -0.456 e. The molecule has 0 saturated carbocycles. The number of unbranched alkanes of at least 4 members (excludes halogenated alkanes) is 13. The number of carbonyl (C=O) groups excluding carboxylic acids is 2. The first kappa shape index (κ1) is 74.6. The number of esters is 1. The average Bonchev–Trinajstić information content (AvgIpc) is 3.41. The molecule has 10 heteroatoms. The van der Waals surface area contributed by atoms with Gasteiger partial charge in [0.15, 0.2) is 0 Å². The molecule has 2 N–H and O–H groups in total. The van der Waals surface area contributed by atoms with Crippen LogP contribution >= 0.6 is 7.82 Å². The van der Waals surface area contributed by atoms with E-state index in [1.165, 1.54) is 57.8 Å². The Morgan fingerprint density at radius 2 is 0.823 bits per heavy atom. The van der Waals surface area contributed by atoms with Crippen molar-refractivity contribution in [2.24, 2.45) is 0 Å². The van der Waals surface area contributed by atoms with Gasteiger partial charge in [0.2, 0.25) is 5.91 Å². The van der Waals surface area contributed by atoms with Crippen LogP contribution in [0, 0.1) is 0 Å². The van der Waals surface area contributed by atoms with Gasteiger partial charge in [0.05, 0.1) is 33.8 Å². The van der Waals surface area contributed by atoms with Gasteiger partial charge in [-0.3, -0.25) is 18.6 Å². The Kier molecular flexibility index (Phi) is 53.7. The molecule has 0 aromatic heterocycles. The number of nitrogens with zero attached hydrogens (tertiary/aromatic N) is 1. The summed E-state index contributed by atoms with van der Waals surface area (Å²) < 4.78 is 30.6. The molecular weight excluding hydrogens is 1000 g/mol. The lowest BCUT2D eigenvalue weighted by atomic mass is 10.0. The van der Waals surface area contributed by atoms with Gasteiger partial charge < -0.3 is 19.4 Å². The standard InChI is InChI=1S/C69H113N2O7P/c1-7-10-13-16-19-22-25-28-30-32-34-35-37-39-41-44-47-50-53-56-59-62-69(73)78-67(60-57-54-51-48-45-42-27-24-21-18-15-12-9-3)66(65-77-79(74,75)76-64-63-71(4,5)6)70-68(72)61-58-55-52-49-46-43-40-38-36-33-31-29-26-23-20-17-14-11-8-2/h10-11,13-14,19-20,22-23,28-31,34-36,38-39,41,43,46-47,50,52,55,57,60,66-67H,7-9,12,15-18,21,24-27,32-33,37,40,42,44-45,48-49,51,53-54,56,58-59,61-65H2,1-6H3,(H-,70,72,74,75)/p+1/b13-10-,14-11-,22-19-,23-20-,30-28-,31-29-,35-34-,38-36-,41-39-,46-43-,50-47-,55-52-,60-57+. The summed E-state index contributed by atoms with van der Waals surface area (Å²) in [4.78, 5) is 37.7. The van der Waals surface area contributed by atoms with Gasteiger partial charge >= 0.3 is 13.8 Å². The van der Waals surface area contributed by atoms with Crippen LogP contribution in [0.1, 0.15) is 213 Å². The maximum atomic E-state index is 13.5. The first-order valence-corrected chi connectivity index (χ1v) is 32.3. The summed E-state index contributed by atoms with van der Waals surface area (Å²) in [5.74, 6) is -0.668. The lowest BCUT2D eigenvalue weighted by Gasteiger charge is -2.27. The fraction of sp³-hybridized carbons (Fsp3) is 0.594. The van der Waals surface area contributed by atoms with Gasteiger partial charge in [-0.1, -0.05) is 237 Å². The van der Waals surface area contributed by atoms with E-state index in [0.717, 1.165) is 109 Å². The number of ether oxygens (including phenoxy) is 1. The maximum absolute atomic E-state index is 13.5. The Hall–Kier alpha value is -4.37. The van der Waals surface area contributed by atoms with Crippen LogP contribution < -0.4 is 5.32 Å². The lowest BCUT2D eigenvalue weighted by molar-refractivity contribution is -0.870. The third-order valence-electron chi connectivity index (χ3n) is 12.5. The Labute approximate surface area is 484 Å². The second kappa shape index (κ2) is 56.9. The summed E-state index contributed by atoms with van der Waals surface area (Å²) in [5.41, 5.74) is 0. The molecule has 0 bridgehead atoms. The van der Waals surface area contributed by atoms with Gasteiger partial charge in [-0.25, -0.2) is 4.57 Å². The van der Waals surface area contributed by atoms with Crippen LogP contribution in [0.3, 0.4) is 0 Å². The van der Waals surface area contributed by atoms with E-state index in [9.17, 15) is 19.0 Å². The van der Waals surface area contributed by atoms with Crippen molar-refractivity contribution < 1.29 is 37.3 Å². The highest BCUT2D eigenvalue weighted by atomic mass is 31.2. The van der Waals surface area contributed by atoms with Crippen LogP contribution in [0.25, 0.3) is 0 Å². The molecule has 3 unspecified atom stereocenters.